The fourth-order valence-electron chi connectivity index (χ4n) is 6.76. The summed E-state index contributed by atoms with van der Waals surface area (Å²) in [6.45, 7) is -0.738. The van der Waals surface area contributed by atoms with Crippen molar-refractivity contribution >= 4 is 6.08 Å². The lowest BCUT2D eigenvalue weighted by atomic mass is 9.78. The number of benzene rings is 4. The van der Waals surface area contributed by atoms with E-state index in [9.17, 15) is 61.3 Å². The predicted octanol–water partition coefficient (Wildman–Crippen LogP) is 1.54. The number of fused-ring (bicyclic) bond motifs is 2. The molecule has 1 saturated heterocycles. The number of aliphatic hydroxyl groups excluding tert-OH is 5. The van der Waals surface area contributed by atoms with Gasteiger partial charge in [0.2, 0.25) is 6.29 Å². The molecule has 7 rings (SSSR count). The summed E-state index contributed by atoms with van der Waals surface area (Å²) in [5, 5.41) is 127. The number of hydrogen-bond donors (Lipinski definition) is 12. The third-order valence-electron chi connectivity index (χ3n) is 9.35. The van der Waals surface area contributed by atoms with Crippen molar-refractivity contribution in [3.05, 3.63) is 94.2 Å². The topological polar surface area (TPSA) is 280 Å². The van der Waals surface area contributed by atoms with E-state index in [1.165, 1.54) is 36.4 Å². The molecule has 3 heterocycles. The number of ether oxygens (including phenoxy) is 4. The van der Waals surface area contributed by atoms with Crippen molar-refractivity contribution in [2.75, 3.05) is 6.61 Å². The minimum Gasteiger partial charge on any atom is -0.508 e. The standard InChI is InChI=1S/C36H34O16/c37-12-25-29(45)31(47)32(48)36(51-25)50-24-10-17-19(41)11-22(44)27(35(17)52-33(24)13-1-4-15(38)5-2-13)28-26-21(43)8-16(39)9-23(26)49-34(30(28)46)14-3-6-18(40)20(42)7-14/h1-11,25,28-34,36-48H,12H2/t25-,28+,29-,30-,31+,32-,33?,34-,36-/m1/s1. The van der Waals surface area contributed by atoms with Crippen LogP contribution < -0.4 is 9.47 Å². The third kappa shape index (κ3) is 5.86. The molecular weight excluding hydrogens is 688 g/mol. The number of phenolic OH excluding ortho intramolecular Hbond substituents is 7. The van der Waals surface area contributed by atoms with Crippen LogP contribution in [0.1, 0.15) is 45.9 Å². The quantitative estimate of drug-likeness (QED) is 0.126. The highest BCUT2D eigenvalue weighted by molar-refractivity contribution is 5.75. The number of aromatic hydroxyl groups is 7. The van der Waals surface area contributed by atoms with E-state index in [-0.39, 0.29) is 45.3 Å². The fourth-order valence-corrected chi connectivity index (χ4v) is 6.76. The van der Waals surface area contributed by atoms with Crippen molar-refractivity contribution in [2.24, 2.45) is 0 Å². The van der Waals surface area contributed by atoms with Gasteiger partial charge >= 0.3 is 0 Å². The number of rotatable bonds is 6. The van der Waals surface area contributed by atoms with Crippen LogP contribution in [0, 0.1) is 0 Å². The van der Waals surface area contributed by atoms with Gasteiger partial charge in [-0.15, -0.1) is 0 Å². The van der Waals surface area contributed by atoms with Crippen molar-refractivity contribution in [3.8, 4) is 51.7 Å². The summed E-state index contributed by atoms with van der Waals surface area (Å²) < 4.78 is 24.0. The van der Waals surface area contributed by atoms with Crippen LogP contribution in [0.2, 0.25) is 0 Å². The zero-order chi connectivity index (χ0) is 37.2. The first-order valence-electron chi connectivity index (χ1n) is 15.9. The van der Waals surface area contributed by atoms with Crippen LogP contribution in [0.15, 0.2) is 66.4 Å². The molecule has 274 valence electrons. The Morgan fingerprint density at radius 3 is 1.98 bits per heavy atom. The second-order valence-electron chi connectivity index (χ2n) is 12.7. The molecule has 0 radical (unpaired) electrons. The van der Waals surface area contributed by atoms with E-state index in [0.717, 1.165) is 30.3 Å². The molecule has 1 fully saturated rings. The van der Waals surface area contributed by atoms with Gasteiger partial charge in [-0.2, -0.15) is 0 Å². The van der Waals surface area contributed by atoms with Gasteiger partial charge in [-0.25, -0.2) is 0 Å². The smallest absolute Gasteiger partial charge is 0.228 e. The van der Waals surface area contributed by atoms with Crippen molar-refractivity contribution in [1.29, 1.82) is 0 Å². The van der Waals surface area contributed by atoms with E-state index < -0.39 is 96.0 Å². The highest BCUT2D eigenvalue weighted by Crippen LogP contribution is 2.57. The van der Waals surface area contributed by atoms with Crippen LogP contribution in [0.5, 0.6) is 51.7 Å². The Hall–Kier alpha value is -5.62. The molecule has 1 unspecified atom stereocenters. The van der Waals surface area contributed by atoms with Crippen LogP contribution in [0.3, 0.4) is 0 Å². The molecule has 4 aromatic carbocycles. The summed E-state index contributed by atoms with van der Waals surface area (Å²) >= 11 is 0. The summed E-state index contributed by atoms with van der Waals surface area (Å²) in [6.07, 6.45) is -11.4. The van der Waals surface area contributed by atoms with Gasteiger partial charge in [0.25, 0.3) is 0 Å². The van der Waals surface area contributed by atoms with Crippen molar-refractivity contribution in [1.82, 2.24) is 0 Å². The van der Waals surface area contributed by atoms with E-state index in [1.54, 1.807) is 0 Å². The second-order valence-corrected chi connectivity index (χ2v) is 12.7. The van der Waals surface area contributed by atoms with Gasteiger partial charge in [-0.1, -0.05) is 18.2 Å². The molecular formula is C36H34O16. The van der Waals surface area contributed by atoms with E-state index >= 15 is 0 Å². The zero-order valence-corrected chi connectivity index (χ0v) is 26.8. The molecule has 16 heteroatoms. The van der Waals surface area contributed by atoms with E-state index in [2.05, 4.69) is 0 Å². The molecule has 9 atom stereocenters. The zero-order valence-electron chi connectivity index (χ0n) is 26.8. The molecule has 0 amide bonds. The maximum absolute atomic E-state index is 12.0. The maximum atomic E-state index is 12.0. The summed E-state index contributed by atoms with van der Waals surface area (Å²) in [7, 11) is 0. The van der Waals surface area contributed by atoms with Gasteiger partial charge in [0.1, 0.15) is 76.5 Å². The number of hydrogen-bond acceptors (Lipinski definition) is 16. The minimum atomic E-state index is -1.82. The Morgan fingerprint density at radius 1 is 0.596 bits per heavy atom. The Labute approximate surface area is 293 Å². The van der Waals surface area contributed by atoms with Gasteiger partial charge in [-0.3, -0.25) is 0 Å². The molecule has 0 saturated carbocycles. The van der Waals surface area contributed by atoms with Gasteiger partial charge < -0.3 is 80.2 Å². The molecule has 52 heavy (non-hydrogen) atoms. The average Bonchev–Trinajstić information content (AvgIpc) is 3.10. The van der Waals surface area contributed by atoms with Crippen molar-refractivity contribution < 1.29 is 80.2 Å². The first-order valence-corrected chi connectivity index (χ1v) is 15.9. The lowest BCUT2D eigenvalue weighted by molar-refractivity contribution is -0.293. The lowest BCUT2D eigenvalue weighted by Crippen LogP contribution is -2.59. The molecule has 0 aliphatic carbocycles. The van der Waals surface area contributed by atoms with Gasteiger partial charge in [-0.05, 0) is 35.9 Å². The molecule has 3 aliphatic heterocycles. The molecule has 12 N–H and O–H groups in total. The Kier molecular flexibility index (Phi) is 8.82. The lowest BCUT2D eigenvalue weighted by Gasteiger charge is -2.41. The highest BCUT2D eigenvalue weighted by Gasteiger charge is 2.48. The minimum absolute atomic E-state index is 0.0927. The molecule has 0 aromatic heterocycles. The van der Waals surface area contributed by atoms with Gasteiger partial charge in [0, 0.05) is 34.9 Å². The average molecular weight is 723 g/mol. The third-order valence-corrected chi connectivity index (χ3v) is 9.35. The van der Waals surface area contributed by atoms with Crippen LogP contribution in [0.25, 0.3) is 6.08 Å². The molecule has 0 spiro atoms. The van der Waals surface area contributed by atoms with E-state index in [4.69, 9.17) is 18.9 Å². The Balaban J connectivity index is 1.40. The first-order chi connectivity index (χ1) is 24.8. The van der Waals surface area contributed by atoms with Crippen LogP contribution in [-0.2, 0) is 9.47 Å². The van der Waals surface area contributed by atoms with Crippen molar-refractivity contribution in [2.45, 2.75) is 54.9 Å². The number of aliphatic hydroxyl groups is 5. The second kappa shape index (κ2) is 13.2. The maximum Gasteiger partial charge on any atom is 0.228 e. The monoisotopic (exact) mass is 722 g/mol. The molecule has 3 aliphatic rings. The summed E-state index contributed by atoms with van der Waals surface area (Å²) in [4.78, 5) is 0. The van der Waals surface area contributed by atoms with Crippen LogP contribution in [-0.4, -0.2) is 105 Å². The fraction of sp³-hybridized carbons (Fsp3) is 0.278. The number of phenols is 7. The Bertz CT molecular complexity index is 2030. The first kappa shape index (κ1) is 34.8. The molecule has 16 nitrogen and oxygen atoms in total. The summed E-state index contributed by atoms with van der Waals surface area (Å²) in [5.74, 6) is -5.12. The van der Waals surface area contributed by atoms with Crippen LogP contribution >= 0.6 is 0 Å². The van der Waals surface area contributed by atoms with Crippen molar-refractivity contribution in [3.63, 3.8) is 0 Å². The van der Waals surface area contributed by atoms with Crippen LogP contribution in [0.4, 0.5) is 0 Å². The van der Waals surface area contributed by atoms with Gasteiger partial charge in [0.15, 0.2) is 23.7 Å². The molecule has 4 aromatic rings. The van der Waals surface area contributed by atoms with E-state index in [1.807, 2.05) is 0 Å². The molecule has 0 bridgehead atoms. The summed E-state index contributed by atoms with van der Waals surface area (Å²) in [5.41, 5.74) is 0.0769. The van der Waals surface area contributed by atoms with Gasteiger partial charge in [0.05, 0.1) is 18.1 Å². The normalized spacial score (nSPS) is 28.1. The summed E-state index contributed by atoms with van der Waals surface area (Å²) in [6, 6.07) is 12.4. The highest BCUT2D eigenvalue weighted by atomic mass is 16.7. The van der Waals surface area contributed by atoms with E-state index in [0.29, 0.717) is 5.56 Å². The predicted molar refractivity (Wildman–Crippen MR) is 175 cm³/mol. The Morgan fingerprint density at radius 2 is 1.29 bits per heavy atom. The largest absolute Gasteiger partial charge is 0.508 e. The SMILES string of the molecule is OC[C@H]1O[C@@H](OC2=Cc3c(O)cc(O)c([C@@H]4c5c(O)cc(O)cc5O[C@H](c5ccc(O)c(O)c5)[C@@H]4O)c3OC2c2ccc(O)cc2)[C@H](O)[C@@H](O)[C@@H]1O.